The van der Waals surface area contributed by atoms with Crippen molar-refractivity contribution in [2.75, 3.05) is 13.2 Å². The summed E-state index contributed by atoms with van der Waals surface area (Å²) in [5.41, 5.74) is 2.36. The summed E-state index contributed by atoms with van der Waals surface area (Å²) in [5, 5.41) is 2.51. The summed E-state index contributed by atoms with van der Waals surface area (Å²) >= 11 is 0. The van der Waals surface area contributed by atoms with Gasteiger partial charge in [0.25, 0.3) is 0 Å². The van der Waals surface area contributed by atoms with Crippen molar-refractivity contribution in [1.29, 1.82) is 0 Å². The van der Waals surface area contributed by atoms with Crippen molar-refractivity contribution in [1.82, 2.24) is 0 Å². The molecule has 2 nitrogen and oxygen atoms in total. The predicted octanol–water partition coefficient (Wildman–Crippen LogP) is 4.67. The van der Waals surface area contributed by atoms with Crippen LogP contribution in [0.3, 0.4) is 0 Å². The van der Waals surface area contributed by atoms with Crippen LogP contribution in [0.4, 0.5) is 0 Å². The molecule has 1 aliphatic heterocycles. The van der Waals surface area contributed by atoms with Crippen LogP contribution in [0.15, 0.2) is 60.7 Å². The number of rotatable bonds is 1. The van der Waals surface area contributed by atoms with Crippen LogP contribution in [-0.4, -0.2) is 13.2 Å². The maximum absolute atomic E-state index is 5.77. The highest BCUT2D eigenvalue weighted by Gasteiger charge is 2.11. The van der Waals surface area contributed by atoms with E-state index in [1.807, 2.05) is 6.07 Å². The molecule has 0 bridgehead atoms. The lowest BCUT2D eigenvalue weighted by molar-refractivity contribution is 0.297. The third-order valence-electron chi connectivity index (χ3n) is 3.83. The molecule has 1 heterocycles. The molecule has 0 saturated heterocycles. The average molecular weight is 276 g/mol. The van der Waals surface area contributed by atoms with E-state index in [9.17, 15) is 0 Å². The first-order valence-corrected chi connectivity index (χ1v) is 7.29. The summed E-state index contributed by atoms with van der Waals surface area (Å²) < 4.78 is 11.5. The zero-order valence-electron chi connectivity index (χ0n) is 11.7. The Hall–Kier alpha value is -2.48. The highest BCUT2D eigenvalue weighted by Crippen LogP contribution is 2.35. The number of hydrogen-bond acceptors (Lipinski definition) is 2. The second kappa shape index (κ2) is 5.13. The number of benzene rings is 3. The SMILES string of the molecule is c1ccc2cc(-c3ccc4c(c3)OCCCO4)ccc2c1. The van der Waals surface area contributed by atoms with Gasteiger partial charge in [-0.1, -0.05) is 42.5 Å². The number of hydrogen-bond donors (Lipinski definition) is 0. The van der Waals surface area contributed by atoms with E-state index in [1.54, 1.807) is 0 Å². The van der Waals surface area contributed by atoms with E-state index in [0.29, 0.717) is 6.61 Å². The molecule has 1 aliphatic rings. The minimum atomic E-state index is 0.716. The van der Waals surface area contributed by atoms with Gasteiger partial charge in [0, 0.05) is 6.42 Å². The van der Waals surface area contributed by atoms with Crippen molar-refractivity contribution in [2.45, 2.75) is 6.42 Å². The highest BCUT2D eigenvalue weighted by atomic mass is 16.5. The summed E-state index contributed by atoms with van der Waals surface area (Å²) in [6.45, 7) is 1.44. The zero-order chi connectivity index (χ0) is 14.1. The molecule has 104 valence electrons. The Kier molecular flexibility index (Phi) is 3.00. The fourth-order valence-electron chi connectivity index (χ4n) is 2.71. The maximum Gasteiger partial charge on any atom is 0.161 e. The predicted molar refractivity (Wildman–Crippen MR) is 85.0 cm³/mol. The van der Waals surface area contributed by atoms with Crippen molar-refractivity contribution in [3.05, 3.63) is 60.7 Å². The standard InChI is InChI=1S/C19H16O2/c1-2-5-15-12-16(7-6-14(15)4-1)17-8-9-18-19(13-17)21-11-3-10-20-18/h1-2,4-9,12-13H,3,10-11H2. The largest absolute Gasteiger partial charge is 0.490 e. The van der Waals surface area contributed by atoms with Crippen LogP contribution in [0.5, 0.6) is 11.5 Å². The molecule has 21 heavy (non-hydrogen) atoms. The van der Waals surface area contributed by atoms with Gasteiger partial charge in [-0.3, -0.25) is 0 Å². The van der Waals surface area contributed by atoms with Gasteiger partial charge < -0.3 is 9.47 Å². The molecule has 0 saturated carbocycles. The molecule has 0 amide bonds. The molecule has 3 aromatic rings. The Balaban J connectivity index is 1.79. The van der Waals surface area contributed by atoms with Gasteiger partial charge in [0.2, 0.25) is 0 Å². The van der Waals surface area contributed by atoms with Crippen LogP contribution in [0.25, 0.3) is 21.9 Å². The second-order valence-corrected chi connectivity index (χ2v) is 5.27. The summed E-state index contributed by atoms with van der Waals surface area (Å²) in [5.74, 6) is 1.69. The molecule has 0 aliphatic carbocycles. The van der Waals surface area contributed by atoms with Crippen LogP contribution < -0.4 is 9.47 Å². The molecule has 0 atom stereocenters. The zero-order valence-corrected chi connectivity index (χ0v) is 11.7. The van der Waals surface area contributed by atoms with Gasteiger partial charge in [-0.05, 0) is 40.1 Å². The van der Waals surface area contributed by atoms with E-state index in [0.717, 1.165) is 30.1 Å². The van der Waals surface area contributed by atoms with Crippen LogP contribution in [-0.2, 0) is 0 Å². The Morgan fingerprint density at radius 2 is 1.33 bits per heavy atom. The Labute approximate surface area is 123 Å². The van der Waals surface area contributed by atoms with Gasteiger partial charge in [-0.25, -0.2) is 0 Å². The maximum atomic E-state index is 5.77. The van der Waals surface area contributed by atoms with Crippen LogP contribution in [0.2, 0.25) is 0 Å². The number of ether oxygens (including phenoxy) is 2. The molecular formula is C19H16O2. The van der Waals surface area contributed by atoms with Gasteiger partial charge in [0.1, 0.15) is 0 Å². The topological polar surface area (TPSA) is 18.5 Å². The third-order valence-corrected chi connectivity index (χ3v) is 3.83. The van der Waals surface area contributed by atoms with Crippen molar-refractivity contribution in [3.8, 4) is 22.6 Å². The fourth-order valence-corrected chi connectivity index (χ4v) is 2.71. The molecule has 0 N–H and O–H groups in total. The monoisotopic (exact) mass is 276 g/mol. The van der Waals surface area contributed by atoms with Crippen LogP contribution in [0, 0.1) is 0 Å². The van der Waals surface area contributed by atoms with Crippen LogP contribution >= 0.6 is 0 Å². The molecule has 0 unspecified atom stereocenters. The molecule has 0 aromatic heterocycles. The average Bonchev–Trinajstić information content (AvgIpc) is 2.79. The minimum absolute atomic E-state index is 0.716. The van der Waals surface area contributed by atoms with E-state index < -0.39 is 0 Å². The molecule has 0 fully saturated rings. The molecule has 4 rings (SSSR count). The van der Waals surface area contributed by atoms with Gasteiger partial charge in [0.15, 0.2) is 11.5 Å². The quantitative estimate of drug-likeness (QED) is 0.643. The smallest absolute Gasteiger partial charge is 0.161 e. The van der Waals surface area contributed by atoms with Gasteiger partial charge in [-0.15, -0.1) is 0 Å². The van der Waals surface area contributed by atoms with E-state index in [4.69, 9.17) is 9.47 Å². The molecule has 0 radical (unpaired) electrons. The lowest BCUT2D eigenvalue weighted by atomic mass is 10.0. The van der Waals surface area contributed by atoms with Gasteiger partial charge in [-0.2, -0.15) is 0 Å². The Morgan fingerprint density at radius 1 is 0.619 bits per heavy atom. The van der Waals surface area contributed by atoms with E-state index >= 15 is 0 Å². The number of fused-ring (bicyclic) bond motifs is 2. The van der Waals surface area contributed by atoms with E-state index in [2.05, 4.69) is 54.6 Å². The van der Waals surface area contributed by atoms with Crippen molar-refractivity contribution < 1.29 is 9.47 Å². The van der Waals surface area contributed by atoms with Gasteiger partial charge in [0.05, 0.1) is 13.2 Å². The normalized spacial score (nSPS) is 13.9. The molecule has 2 heteroatoms. The lowest BCUT2D eigenvalue weighted by Gasteiger charge is -2.10. The first-order valence-electron chi connectivity index (χ1n) is 7.29. The van der Waals surface area contributed by atoms with Crippen molar-refractivity contribution in [3.63, 3.8) is 0 Å². The van der Waals surface area contributed by atoms with Gasteiger partial charge >= 0.3 is 0 Å². The van der Waals surface area contributed by atoms with Crippen molar-refractivity contribution in [2.24, 2.45) is 0 Å². The minimum Gasteiger partial charge on any atom is -0.490 e. The Morgan fingerprint density at radius 3 is 2.24 bits per heavy atom. The second-order valence-electron chi connectivity index (χ2n) is 5.27. The fraction of sp³-hybridized carbons (Fsp3) is 0.158. The summed E-state index contributed by atoms with van der Waals surface area (Å²) in [6.07, 6.45) is 0.931. The molecular weight excluding hydrogens is 260 g/mol. The first-order chi connectivity index (χ1) is 10.4. The summed E-state index contributed by atoms with van der Waals surface area (Å²) in [6, 6.07) is 21.1. The van der Waals surface area contributed by atoms with Crippen LogP contribution in [0.1, 0.15) is 6.42 Å². The van der Waals surface area contributed by atoms with Crippen molar-refractivity contribution >= 4 is 10.8 Å². The summed E-state index contributed by atoms with van der Waals surface area (Å²) in [4.78, 5) is 0. The molecule has 3 aromatic carbocycles. The lowest BCUT2D eigenvalue weighted by Crippen LogP contribution is -1.97. The Bertz CT molecular complexity index is 792. The van der Waals surface area contributed by atoms with E-state index in [1.165, 1.54) is 16.3 Å². The van der Waals surface area contributed by atoms with E-state index in [-0.39, 0.29) is 0 Å². The summed E-state index contributed by atoms with van der Waals surface area (Å²) in [7, 11) is 0. The first kappa shape index (κ1) is 12.3. The third kappa shape index (κ3) is 2.33. The molecule has 0 spiro atoms. The highest BCUT2D eigenvalue weighted by molar-refractivity contribution is 5.87.